The maximum Gasteiger partial charge on any atom is 0.150 e. The molecule has 2 nitrogen and oxygen atoms in total. The second kappa shape index (κ2) is 6.50. The maximum atomic E-state index is 6.32. The van der Waals surface area contributed by atoms with Crippen molar-refractivity contribution in [3.05, 3.63) is 58.6 Å². The largest absolute Gasteiger partial charge is 0.455 e. The molecule has 0 saturated heterocycles. The first kappa shape index (κ1) is 14.4. The lowest BCUT2D eigenvalue weighted by Crippen LogP contribution is -2.15. The van der Waals surface area contributed by atoms with Crippen molar-refractivity contribution >= 4 is 11.6 Å². The lowest BCUT2D eigenvalue weighted by molar-refractivity contribution is 0.472. The number of aryl methyl sites for hydroxylation is 1. The molecule has 0 spiro atoms. The Morgan fingerprint density at radius 2 is 1.90 bits per heavy atom. The molecular weight excluding hydrogens is 282 g/mol. The number of halogens is 1. The van der Waals surface area contributed by atoms with Crippen molar-refractivity contribution in [2.24, 2.45) is 0 Å². The second-order valence-corrected chi connectivity index (χ2v) is 5.89. The standard InChI is InChI=1S/C18H20ClNO/c1-2-13-6-10-16(11-7-13)21-18-14(4-3-5-17(18)19)12-20-15-8-9-15/h3-7,10-11,15,20H,2,8-9,12H2,1H3. The molecule has 1 aliphatic carbocycles. The molecule has 0 amide bonds. The van der Waals surface area contributed by atoms with Gasteiger partial charge in [-0.05, 0) is 43.0 Å². The average Bonchev–Trinajstić information content (AvgIpc) is 3.33. The quantitative estimate of drug-likeness (QED) is 0.815. The number of nitrogens with one attached hydrogen (secondary N) is 1. The molecule has 2 aromatic rings. The van der Waals surface area contributed by atoms with Crippen LogP contribution in [0.5, 0.6) is 11.5 Å². The highest BCUT2D eigenvalue weighted by Crippen LogP contribution is 2.33. The summed E-state index contributed by atoms with van der Waals surface area (Å²) in [6, 6.07) is 14.8. The fraction of sp³-hybridized carbons (Fsp3) is 0.333. The van der Waals surface area contributed by atoms with Crippen LogP contribution in [-0.4, -0.2) is 6.04 Å². The number of rotatable bonds is 6. The molecule has 2 aromatic carbocycles. The van der Waals surface area contributed by atoms with Crippen molar-refractivity contribution in [3.63, 3.8) is 0 Å². The van der Waals surface area contributed by atoms with Crippen molar-refractivity contribution < 1.29 is 4.74 Å². The summed E-state index contributed by atoms with van der Waals surface area (Å²) in [5, 5.41) is 4.16. The zero-order valence-corrected chi connectivity index (χ0v) is 13.0. The molecule has 1 aliphatic rings. The van der Waals surface area contributed by atoms with Crippen molar-refractivity contribution in [2.45, 2.75) is 38.8 Å². The zero-order chi connectivity index (χ0) is 14.7. The van der Waals surface area contributed by atoms with Crippen molar-refractivity contribution in [2.75, 3.05) is 0 Å². The summed E-state index contributed by atoms with van der Waals surface area (Å²) in [5.74, 6) is 1.59. The molecule has 0 heterocycles. The van der Waals surface area contributed by atoms with Gasteiger partial charge in [0.15, 0.2) is 0 Å². The van der Waals surface area contributed by atoms with Crippen LogP contribution in [0.3, 0.4) is 0 Å². The van der Waals surface area contributed by atoms with Gasteiger partial charge in [-0.3, -0.25) is 0 Å². The van der Waals surface area contributed by atoms with E-state index in [0.717, 1.165) is 30.0 Å². The van der Waals surface area contributed by atoms with Gasteiger partial charge in [-0.15, -0.1) is 0 Å². The fourth-order valence-corrected chi connectivity index (χ4v) is 2.49. The Morgan fingerprint density at radius 3 is 2.57 bits per heavy atom. The van der Waals surface area contributed by atoms with Gasteiger partial charge in [0.05, 0.1) is 5.02 Å². The first-order valence-electron chi connectivity index (χ1n) is 7.54. The van der Waals surface area contributed by atoms with Crippen LogP contribution in [0, 0.1) is 0 Å². The van der Waals surface area contributed by atoms with Crippen molar-refractivity contribution in [1.82, 2.24) is 5.32 Å². The first-order valence-corrected chi connectivity index (χ1v) is 7.91. The molecule has 3 rings (SSSR count). The molecule has 1 fully saturated rings. The highest BCUT2D eigenvalue weighted by Gasteiger charge is 2.21. The SMILES string of the molecule is CCc1ccc(Oc2c(Cl)cccc2CNC2CC2)cc1. The second-order valence-electron chi connectivity index (χ2n) is 5.48. The summed E-state index contributed by atoms with van der Waals surface area (Å²) < 4.78 is 6.02. The highest BCUT2D eigenvalue weighted by atomic mass is 35.5. The van der Waals surface area contributed by atoms with Crippen molar-refractivity contribution in [1.29, 1.82) is 0 Å². The summed E-state index contributed by atoms with van der Waals surface area (Å²) in [7, 11) is 0. The third-order valence-electron chi connectivity index (χ3n) is 3.76. The van der Waals surface area contributed by atoms with E-state index in [1.165, 1.54) is 18.4 Å². The Bertz CT molecular complexity index is 605. The summed E-state index contributed by atoms with van der Waals surface area (Å²) in [6.07, 6.45) is 3.58. The van der Waals surface area contributed by atoms with E-state index < -0.39 is 0 Å². The molecular formula is C18H20ClNO. The summed E-state index contributed by atoms with van der Waals surface area (Å²) in [6.45, 7) is 2.94. The average molecular weight is 302 g/mol. The monoisotopic (exact) mass is 301 g/mol. The van der Waals surface area contributed by atoms with Crippen LogP contribution in [0.1, 0.15) is 30.9 Å². The molecule has 21 heavy (non-hydrogen) atoms. The van der Waals surface area contributed by atoms with Gasteiger partial charge in [-0.1, -0.05) is 42.8 Å². The van der Waals surface area contributed by atoms with Gasteiger partial charge in [-0.25, -0.2) is 0 Å². The van der Waals surface area contributed by atoms with Gasteiger partial charge in [0.2, 0.25) is 0 Å². The number of hydrogen-bond acceptors (Lipinski definition) is 2. The Balaban J connectivity index is 1.78. The van der Waals surface area contributed by atoms with Crippen LogP contribution < -0.4 is 10.1 Å². The Morgan fingerprint density at radius 1 is 1.14 bits per heavy atom. The molecule has 0 aliphatic heterocycles. The van der Waals surface area contributed by atoms with Crippen LogP contribution in [0.2, 0.25) is 5.02 Å². The Hall–Kier alpha value is -1.51. The Labute approximate surface area is 131 Å². The maximum absolute atomic E-state index is 6.32. The predicted molar refractivity (Wildman–Crippen MR) is 87.2 cm³/mol. The van der Waals surface area contributed by atoms with Gasteiger partial charge >= 0.3 is 0 Å². The van der Waals surface area contributed by atoms with Crippen LogP contribution in [0.25, 0.3) is 0 Å². The van der Waals surface area contributed by atoms with E-state index in [-0.39, 0.29) is 0 Å². The normalized spacial score (nSPS) is 14.2. The Kier molecular flexibility index (Phi) is 4.47. The fourth-order valence-electron chi connectivity index (χ4n) is 2.26. The van der Waals surface area contributed by atoms with Crippen LogP contribution >= 0.6 is 11.6 Å². The first-order chi connectivity index (χ1) is 10.3. The molecule has 0 bridgehead atoms. The van der Waals surface area contributed by atoms with E-state index >= 15 is 0 Å². The van der Waals surface area contributed by atoms with E-state index in [1.807, 2.05) is 24.3 Å². The van der Waals surface area contributed by atoms with Crippen LogP contribution in [0.15, 0.2) is 42.5 Å². The summed E-state index contributed by atoms with van der Waals surface area (Å²) in [4.78, 5) is 0. The molecule has 1 N–H and O–H groups in total. The minimum Gasteiger partial charge on any atom is -0.455 e. The summed E-state index contributed by atoms with van der Waals surface area (Å²) >= 11 is 6.32. The van der Waals surface area contributed by atoms with E-state index in [4.69, 9.17) is 16.3 Å². The van der Waals surface area contributed by atoms with Gasteiger partial charge in [0, 0.05) is 18.2 Å². The number of hydrogen-bond donors (Lipinski definition) is 1. The minimum atomic E-state index is 0.657. The summed E-state index contributed by atoms with van der Waals surface area (Å²) in [5.41, 5.74) is 2.41. The van der Waals surface area contributed by atoms with Crippen LogP contribution in [-0.2, 0) is 13.0 Å². The molecule has 0 radical (unpaired) electrons. The number of ether oxygens (including phenoxy) is 1. The molecule has 0 atom stereocenters. The lowest BCUT2D eigenvalue weighted by Gasteiger charge is -2.13. The third kappa shape index (κ3) is 3.78. The van der Waals surface area contributed by atoms with Gasteiger partial charge in [0.25, 0.3) is 0 Å². The number of para-hydroxylation sites is 1. The smallest absolute Gasteiger partial charge is 0.150 e. The van der Waals surface area contributed by atoms with Gasteiger partial charge in [0.1, 0.15) is 11.5 Å². The highest BCUT2D eigenvalue weighted by molar-refractivity contribution is 6.32. The zero-order valence-electron chi connectivity index (χ0n) is 12.2. The van der Waals surface area contributed by atoms with Crippen LogP contribution in [0.4, 0.5) is 0 Å². The molecule has 110 valence electrons. The van der Waals surface area contributed by atoms with E-state index in [9.17, 15) is 0 Å². The number of benzene rings is 2. The van der Waals surface area contributed by atoms with Crippen molar-refractivity contribution in [3.8, 4) is 11.5 Å². The molecule has 3 heteroatoms. The molecule has 0 unspecified atom stereocenters. The third-order valence-corrected chi connectivity index (χ3v) is 4.06. The van der Waals surface area contributed by atoms with E-state index in [1.54, 1.807) is 0 Å². The van der Waals surface area contributed by atoms with E-state index in [2.05, 4.69) is 30.4 Å². The molecule has 1 saturated carbocycles. The van der Waals surface area contributed by atoms with Gasteiger partial charge in [-0.2, -0.15) is 0 Å². The van der Waals surface area contributed by atoms with E-state index in [0.29, 0.717) is 11.1 Å². The molecule has 0 aromatic heterocycles. The topological polar surface area (TPSA) is 21.3 Å². The lowest BCUT2D eigenvalue weighted by atomic mass is 10.1. The minimum absolute atomic E-state index is 0.657. The van der Waals surface area contributed by atoms with Gasteiger partial charge < -0.3 is 10.1 Å². The predicted octanol–water partition coefficient (Wildman–Crippen LogP) is 4.95.